The van der Waals surface area contributed by atoms with Crippen LogP contribution >= 0.6 is 15.9 Å². The van der Waals surface area contributed by atoms with Crippen molar-refractivity contribution >= 4 is 27.5 Å². The highest BCUT2D eigenvalue weighted by Gasteiger charge is 2.01. The van der Waals surface area contributed by atoms with E-state index in [1.165, 1.54) is 0 Å². The molecule has 1 amide bonds. The molecule has 5 heteroatoms. The van der Waals surface area contributed by atoms with Crippen molar-refractivity contribution in [2.45, 2.75) is 0 Å². The molecule has 0 radical (unpaired) electrons. The van der Waals surface area contributed by atoms with Gasteiger partial charge >= 0.3 is 0 Å². The van der Waals surface area contributed by atoms with E-state index in [1.807, 2.05) is 24.3 Å². The first kappa shape index (κ1) is 10.9. The second kappa shape index (κ2) is 4.94. The van der Waals surface area contributed by atoms with Crippen LogP contribution < -0.4 is 5.32 Å². The molecule has 16 heavy (non-hydrogen) atoms. The highest BCUT2D eigenvalue weighted by molar-refractivity contribution is 9.09. The largest absolute Gasteiger partial charge is 0.345 e. The van der Waals surface area contributed by atoms with E-state index in [0.717, 1.165) is 16.9 Å². The zero-order chi connectivity index (χ0) is 11.4. The fourth-order valence-electron chi connectivity index (χ4n) is 1.34. The zero-order valence-electron chi connectivity index (χ0n) is 8.40. The molecule has 82 valence electrons. The Balaban J connectivity index is 2.14. The van der Waals surface area contributed by atoms with Crippen LogP contribution in [-0.4, -0.2) is 21.2 Å². The van der Waals surface area contributed by atoms with Gasteiger partial charge in [0.15, 0.2) is 0 Å². The summed E-state index contributed by atoms with van der Waals surface area (Å²) in [6, 6.07) is 7.57. The molecule has 0 bridgehead atoms. The average molecular weight is 280 g/mol. The lowest BCUT2D eigenvalue weighted by Crippen LogP contribution is -2.11. The molecule has 0 saturated carbocycles. The van der Waals surface area contributed by atoms with Gasteiger partial charge in [0.2, 0.25) is 5.91 Å². The molecule has 1 heterocycles. The molecule has 2 rings (SSSR count). The van der Waals surface area contributed by atoms with Gasteiger partial charge in [-0.2, -0.15) is 0 Å². The van der Waals surface area contributed by atoms with Crippen molar-refractivity contribution in [2.75, 3.05) is 10.6 Å². The van der Waals surface area contributed by atoms with Crippen molar-refractivity contribution in [2.24, 2.45) is 0 Å². The molecule has 2 N–H and O–H groups in total. The Labute approximate surface area is 101 Å². The number of aromatic nitrogens is 2. The summed E-state index contributed by atoms with van der Waals surface area (Å²) in [5, 5.41) is 3.05. The minimum absolute atomic E-state index is 0.0608. The molecule has 0 unspecified atom stereocenters. The highest BCUT2D eigenvalue weighted by Crippen LogP contribution is 2.18. The second-order valence-electron chi connectivity index (χ2n) is 3.22. The smallest absolute Gasteiger partial charge is 0.235 e. The first-order valence-electron chi connectivity index (χ1n) is 4.74. The minimum Gasteiger partial charge on any atom is -0.345 e. The van der Waals surface area contributed by atoms with Crippen LogP contribution in [-0.2, 0) is 4.79 Å². The Morgan fingerprint density at radius 1 is 1.38 bits per heavy atom. The molecule has 2 aromatic rings. The average Bonchev–Trinajstić information content (AvgIpc) is 2.83. The lowest BCUT2D eigenvalue weighted by Gasteiger charge is -2.03. The Hall–Kier alpha value is -1.62. The number of alkyl halides is 1. The number of amides is 1. The molecular weight excluding hydrogens is 270 g/mol. The van der Waals surface area contributed by atoms with Gasteiger partial charge in [-0.25, -0.2) is 4.98 Å². The minimum atomic E-state index is -0.0608. The summed E-state index contributed by atoms with van der Waals surface area (Å²) in [5.41, 5.74) is 2.78. The van der Waals surface area contributed by atoms with E-state index in [-0.39, 0.29) is 5.91 Å². The Kier molecular flexibility index (Phi) is 3.36. The maximum Gasteiger partial charge on any atom is 0.235 e. The van der Waals surface area contributed by atoms with Crippen molar-refractivity contribution in [3.05, 3.63) is 36.8 Å². The van der Waals surface area contributed by atoms with Gasteiger partial charge in [0.1, 0.15) is 0 Å². The third-order valence-corrected chi connectivity index (χ3v) is 2.61. The van der Waals surface area contributed by atoms with Gasteiger partial charge < -0.3 is 10.3 Å². The summed E-state index contributed by atoms with van der Waals surface area (Å²) < 4.78 is 0. The molecule has 0 aliphatic carbocycles. The predicted octanol–water partition coefficient (Wildman–Crippen LogP) is 2.41. The quantitative estimate of drug-likeness (QED) is 0.848. The molecule has 1 aromatic carbocycles. The number of hydrogen-bond acceptors (Lipinski definition) is 2. The van der Waals surface area contributed by atoms with Gasteiger partial charge in [0, 0.05) is 5.69 Å². The number of halogens is 1. The van der Waals surface area contributed by atoms with Gasteiger partial charge in [0.25, 0.3) is 0 Å². The van der Waals surface area contributed by atoms with E-state index in [1.54, 1.807) is 12.5 Å². The maximum atomic E-state index is 11.1. The summed E-state index contributed by atoms with van der Waals surface area (Å²) in [6.07, 6.45) is 3.39. The number of imidazole rings is 1. The fraction of sp³-hybridized carbons (Fsp3) is 0.0909. The molecule has 0 spiro atoms. The molecule has 0 atom stereocenters. The lowest BCUT2D eigenvalue weighted by atomic mass is 10.1. The second-order valence-corrected chi connectivity index (χ2v) is 3.79. The molecule has 0 saturated heterocycles. The number of nitrogens with zero attached hydrogens (tertiary/aromatic N) is 1. The molecule has 4 nitrogen and oxygen atoms in total. The maximum absolute atomic E-state index is 11.1. The first-order valence-corrected chi connectivity index (χ1v) is 5.86. The fourth-order valence-corrected chi connectivity index (χ4v) is 1.48. The number of carbonyl (C=O) groups is 1. The lowest BCUT2D eigenvalue weighted by molar-refractivity contribution is -0.113. The SMILES string of the molecule is O=C(CBr)Nc1ccc(-c2cnc[nH]2)cc1. The number of aromatic amines is 1. The van der Waals surface area contributed by atoms with E-state index in [9.17, 15) is 4.79 Å². The van der Waals surface area contributed by atoms with Gasteiger partial charge in [-0.3, -0.25) is 4.79 Å². The van der Waals surface area contributed by atoms with Crippen LogP contribution in [0.1, 0.15) is 0 Å². The van der Waals surface area contributed by atoms with Gasteiger partial charge in [0.05, 0.1) is 23.5 Å². The van der Waals surface area contributed by atoms with Crippen LogP contribution in [0, 0.1) is 0 Å². The zero-order valence-corrected chi connectivity index (χ0v) is 9.99. The summed E-state index contributed by atoms with van der Waals surface area (Å²) in [5.74, 6) is -0.0608. The number of nitrogens with one attached hydrogen (secondary N) is 2. The molecular formula is C11H10BrN3O. The van der Waals surface area contributed by atoms with E-state index >= 15 is 0 Å². The van der Waals surface area contributed by atoms with Crippen LogP contribution in [0.4, 0.5) is 5.69 Å². The van der Waals surface area contributed by atoms with E-state index in [2.05, 4.69) is 31.2 Å². The Bertz CT molecular complexity index is 464. The summed E-state index contributed by atoms with van der Waals surface area (Å²) >= 11 is 3.09. The van der Waals surface area contributed by atoms with Crippen molar-refractivity contribution in [1.29, 1.82) is 0 Å². The van der Waals surface area contributed by atoms with Crippen LogP contribution in [0.3, 0.4) is 0 Å². The van der Waals surface area contributed by atoms with Gasteiger partial charge in [-0.1, -0.05) is 28.1 Å². The van der Waals surface area contributed by atoms with Crippen LogP contribution in [0.25, 0.3) is 11.3 Å². The highest BCUT2D eigenvalue weighted by atomic mass is 79.9. The third-order valence-electron chi connectivity index (χ3n) is 2.10. The molecule has 0 fully saturated rings. The van der Waals surface area contributed by atoms with Crippen molar-refractivity contribution in [3.8, 4) is 11.3 Å². The summed E-state index contributed by atoms with van der Waals surface area (Å²) in [6.45, 7) is 0. The number of anilines is 1. The topological polar surface area (TPSA) is 57.8 Å². The van der Waals surface area contributed by atoms with E-state index in [4.69, 9.17) is 0 Å². The molecule has 0 aliphatic rings. The number of rotatable bonds is 3. The molecule has 1 aromatic heterocycles. The van der Waals surface area contributed by atoms with Crippen molar-refractivity contribution in [3.63, 3.8) is 0 Å². The van der Waals surface area contributed by atoms with E-state index < -0.39 is 0 Å². The number of benzene rings is 1. The molecule has 0 aliphatic heterocycles. The Morgan fingerprint density at radius 2 is 2.12 bits per heavy atom. The number of carbonyl (C=O) groups excluding carboxylic acids is 1. The number of H-pyrrole nitrogens is 1. The van der Waals surface area contributed by atoms with Crippen molar-refractivity contribution < 1.29 is 4.79 Å². The van der Waals surface area contributed by atoms with Crippen LogP contribution in [0.15, 0.2) is 36.8 Å². The normalized spacial score (nSPS) is 10.1. The summed E-state index contributed by atoms with van der Waals surface area (Å²) in [7, 11) is 0. The van der Waals surface area contributed by atoms with Crippen LogP contribution in [0.2, 0.25) is 0 Å². The number of hydrogen-bond donors (Lipinski definition) is 2. The van der Waals surface area contributed by atoms with Gasteiger partial charge in [-0.15, -0.1) is 0 Å². The first-order chi connectivity index (χ1) is 7.79. The van der Waals surface area contributed by atoms with Crippen LogP contribution in [0.5, 0.6) is 0 Å². The van der Waals surface area contributed by atoms with Crippen molar-refractivity contribution in [1.82, 2.24) is 9.97 Å². The standard InChI is InChI=1S/C11H10BrN3O/c12-5-11(16)15-9-3-1-8(2-4-9)10-6-13-7-14-10/h1-4,6-7H,5H2,(H,13,14)(H,15,16). The summed E-state index contributed by atoms with van der Waals surface area (Å²) in [4.78, 5) is 18.1. The van der Waals surface area contributed by atoms with E-state index in [0.29, 0.717) is 5.33 Å². The van der Waals surface area contributed by atoms with Gasteiger partial charge in [-0.05, 0) is 17.7 Å². The predicted molar refractivity (Wildman–Crippen MR) is 66.4 cm³/mol. The monoisotopic (exact) mass is 279 g/mol. The third kappa shape index (κ3) is 2.49. The Morgan fingerprint density at radius 3 is 2.69 bits per heavy atom.